The number of fused-ring (bicyclic) bond motifs is 3. The van der Waals surface area contributed by atoms with Crippen molar-refractivity contribution in [3.63, 3.8) is 0 Å². The van der Waals surface area contributed by atoms with Gasteiger partial charge in [0.05, 0.1) is 5.75 Å². The van der Waals surface area contributed by atoms with Gasteiger partial charge >= 0.3 is 0 Å². The van der Waals surface area contributed by atoms with Gasteiger partial charge in [-0.3, -0.25) is 19.3 Å². The second kappa shape index (κ2) is 6.55. The average molecular weight is 357 g/mol. The van der Waals surface area contributed by atoms with Gasteiger partial charge in [-0.2, -0.15) is 0 Å². The van der Waals surface area contributed by atoms with Crippen molar-refractivity contribution in [3.8, 4) is 0 Å². The van der Waals surface area contributed by atoms with E-state index in [9.17, 15) is 14.4 Å². The van der Waals surface area contributed by atoms with Gasteiger partial charge in [0, 0.05) is 35.2 Å². The lowest BCUT2D eigenvalue weighted by Crippen LogP contribution is -2.37. The van der Waals surface area contributed by atoms with E-state index in [0.29, 0.717) is 5.56 Å². The van der Waals surface area contributed by atoms with Crippen molar-refractivity contribution in [2.24, 2.45) is 0 Å². The number of aromatic amines is 1. The monoisotopic (exact) mass is 357 g/mol. The number of carbonyl (C=O) groups excluding carboxylic acids is 3. The Balaban J connectivity index is 1.45. The summed E-state index contributed by atoms with van der Waals surface area (Å²) in [6.07, 6.45) is 4.52. The number of aromatic nitrogens is 1. The van der Waals surface area contributed by atoms with Gasteiger partial charge in [0.2, 0.25) is 5.91 Å². The molecule has 3 amide bonds. The Morgan fingerprint density at radius 3 is 2.88 bits per heavy atom. The van der Waals surface area contributed by atoms with Crippen LogP contribution in [-0.4, -0.2) is 45.8 Å². The smallest absolute Gasteiger partial charge is 0.288 e. The molecule has 0 bridgehead atoms. The molecule has 1 saturated heterocycles. The minimum atomic E-state index is -0.236. The molecule has 25 heavy (non-hydrogen) atoms. The standard InChI is InChI=1S/C18H19N3O3S/c22-16-10-25-18(24)21(16)8-7-19-17(23)11-5-6-15-13(9-11)12-3-1-2-4-14(12)20-15/h5-6,9,20H,1-4,7-8,10H2,(H,19,23). The van der Waals surface area contributed by atoms with E-state index in [-0.39, 0.29) is 35.9 Å². The molecular weight excluding hydrogens is 338 g/mol. The molecule has 4 rings (SSSR count). The normalized spacial score (nSPS) is 17.2. The largest absolute Gasteiger partial charge is 0.358 e. The summed E-state index contributed by atoms with van der Waals surface area (Å²) < 4.78 is 0. The Kier molecular flexibility index (Phi) is 4.25. The quantitative estimate of drug-likeness (QED) is 0.881. The van der Waals surface area contributed by atoms with Crippen LogP contribution in [0, 0.1) is 0 Å². The van der Waals surface area contributed by atoms with Crippen LogP contribution in [0.2, 0.25) is 0 Å². The van der Waals surface area contributed by atoms with Gasteiger partial charge in [-0.15, -0.1) is 0 Å². The van der Waals surface area contributed by atoms with Gasteiger partial charge in [0.25, 0.3) is 11.1 Å². The first-order valence-corrected chi connectivity index (χ1v) is 9.51. The fourth-order valence-corrected chi connectivity index (χ4v) is 4.28. The lowest BCUT2D eigenvalue weighted by molar-refractivity contribution is -0.124. The molecule has 0 spiro atoms. The summed E-state index contributed by atoms with van der Waals surface area (Å²) in [7, 11) is 0. The fraction of sp³-hybridized carbons (Fsp3) is 0.389. The SMILES string of the molecule is O=C(NCCN1C(=O)CSC1=O)c1ccc2[nH]c3c(c2c1)CCCC3. The number of aryl methyl sites for hydroxylation is 2. The highest BCUT2D eigenvalue weighted by Crippen LogP contribution is 2.29. The third-order valence-electron chi connectivity index (χ3n) is 4.82. The van der Waals surface area contributed by atoms with Crippen molar-refractivity contribution in [2.75, 3.05) is 18.8 Å². The molecule has 1 aliphatic heterocycles. The zero-order valence-corrected chi connectivity index (χ0v) is 14.6. The molecule has 0 unspecified atom stereocenters. The first-order chi connectivity index (χ1) is 12.1. The van der Waals surface area contributed by atoms with Crippen LogP contribution in [0.15, 0.2) is 18.2 Å². The van der Waals surface area contributed by atoms with E-state index in [0.717, 1.165) is 35.5 Å². The lowest BCUT2D eigenvalue weighted by Gasteiger charge is -2.13. The van der Waals surface area contributed by atoms with Crippen LogP contribution in [0.1, 0.15) is 34.5 Å². The molecule has 2 aliphatic rings. The average Bonchev–Trinajstić information content (AvgIpc) is 3.15. The van der Waals surface area contributed by atoms with Crippen LogP contribution in [0.4, 0.5) is 4.79 Å². The lowest BCUT2D eigenvalue weighted by atomic mass is 9.95. The summed E-state index contributed by atoms with van der Waals surface area (Å²) in [6.45, 7) is 0.484. The van der Waals surface area contributed by atoms with E-state index >= 15 is 0 Å². The second-order valence-corrected chi connectivity index (χ2v) is 7.33. The molecule has 2 N–H and O–H groups in total. The predicted octanol–water partition coefficient (Wildman–Crippen LogP) is 2.47. The number of nitrogens with one attached hydrogen (secondary N) is 2. The van der Waals surface area contributed by atoms with Gasteiger partial charge in [0.1, 0.15) is 0 Å². The Hall–Kier alpha value is -2.28. The summed E-state index contributed by atoms with van der Waals surface area (Å²) in [5, 5.41) is 3.69. The number of thioether (sulfide) groups is 1. The van der Waals surface area contributed by atoms with Crippen LogP contribution in [0.5, 0.6) is 0 Å². The molecule has 2 aromatic rings. The topological polar surface area (TPSA) is 82.3 Å². The minimum absolute atomic E-state index is 0.181. The maximum absolute atomic E-state index is 12.4. The van der Waals surface area contributed by atoms with E-state index in [1.54, 1.807) is 0 Å². The van der Waals surface area contributed by atoms with Crippen molar-refractivity contribution in [2.45, 2.75) is 25.7 Å². The van der Waals surface area contributed by atoms with E-state index < -0.39 is 0 Å². The highest BCUT2D eigenvalue weighted by atomic mass is 32.2. The maximum atomic E-state index is 12.4. The first-order valence-electron chi connectivity index (χ1n) is 8.52. The number of hydrogen-bond acceptors (Lipinski definition) is 4. The van der Waals surface area contributed by atoms with E-state index in [1.165, 1.54) is 29.0 Å². The number of amides is 3. The molecule has 1 aliphatic carbocycles. The van der Waals surface area contributed by atoms with Gasteiger partial charge < -0.3 is 10.3 Å². The number of imide groups is 1. The van der Waals surface area contributed by atoms with Crippen molar-refractivity contribution < 1.29 is 14.4 Å². The van der Waals surface area contributed by atoms with Gasteiger partial charge in [-0.05, 0) is 49.4 Å². The summed E-state index contributed by atoms with van der Waals surface area (Å²) in [6, 6.07) is 5.70. The van der Waals surface area contributed by atoms with Gasteiger partial charge in [0.15, 0.2) is 0 Å². The number of nitrogens with zero attached hydrogens (tertiary/aromatic N) is 1. The van der Waals surface area contributed by atoms with E-state index in [1.807, 2.05) is 18.2 Å². The molecule has 0 radical (unpaired) electrons. The maximum Gasteiger partial charge on any atom is 0.288 e. The van der Waals surface area contributed by atoms with Crippen LogP contribution in [-0.2, 0) is 17.6 Å². The number of rotatable bonds is 4. The third kappa shape index (κ3) is 3.04. The zero-order chi connectivity index (χ0) is 17.4. The molecule has 0 atom stereocenters. The van der Waals surface area contributed by atoms with E-state index in [2.05, 4.69) is 10.3 Å². The molecule has 7 heteroatoms. The van der Waals surface area contributed by atoms with Crippen LogP contribution >= 0.6 is 11.8 Å². The van der Waals surface area contributed by atoms with Crippen molar-refractivity contribution in [1.82, 2.24) is 15.2 Å². The molecule has 1 fully saturated rings. The van der Waals surface area contributed by atoms with Crippen LogP contribution in [0.3, 0.4) is 0 Å². The molecule has 2 heterocycles. The fourth-order valence-electron chi connectivity index (χ4n) is 3.53. The Labute approximate surface area is 149 Å². The van der Waals surface area contributed by atoms with Gasteiger partial charge in [-0.1, -0.05) is 11.8 Å². The van der Waals surface area contributed by atoms with Crippen LogP contribution < -0.4 is 5.32 Å². The Morgan fingerprint density at radius 1 is 1.24 bits per heavy atom. The number of benzene rings is 1. The molecule has 0 saturated carbocycles. The summed E-state index contributed by atoms with van der Waals surface area (Å²) in [5.74, 6) is -0.175. The predicted molar refractivity (Wildman–Crippen MR) is 96.8 cm³/mol. The highest BCUT2D eigenvalue weighted by Gasteiger charge is 2.29. The van der Waals surface area contributed by atoms with Gasteiger partial charge in [-0.25, -0.2) is 0 Å². The first kappa shape index (κ1) is 16.2. The minimum Gasteiger partial charge on any atom is -0.358 e. The second-order valence-electron chi connectivity index (χ2n) is 6.41. The van der Waals surface area contributed by atoms with Crippen molar-refractivity contribution in [1.29, 1.82) is 0 Å². The number of hydrogen-bond donors (Lipinski definition) is 2. The molecule has 130 valence electrons. The number of H-pyrrole nitrogens is 1. The number of carbonyl (C=O) groups is 3. The molecule has 1 aromatic carbocycles. The van der Waals surface area contributed by atoms with Crippen molar-refractivity contribution in [3.05, 3.63) is 35.0 Å². The summed E-state index contributed by atoms with van der Waals surface area (Å²) in [5.41, 5.74) is 4.31. The Bertz CT molecular complexity index is 858. The molecule has 1 aromatic heterocycles. The molecule has 6 nitrogen and oxygen atoms in total. The molecular formula is C18H19N3O3S. The third-order valence-corrected chi connectivity index (χ3v) is 5.68. The summed E-state index contributed by atoms with van der Waals surface area (Å²) in [4.78, 5) is 40.1. The van der Waals surface area contributed by atoms with Crippen molar-refractivity contribution >= 4 is 39.7 Å². The van der Waals surface area contributed by atoms with E-state index in [4.69, 9.17) is 0 Å². The highest BCUT2D eigenvalue weighted by molar-refractivity contribution is 8.14. The van der Waals surface area contributed by atoms with Crippen LogP contribution in [0.25, 0.3) is 10.9 Å². The summed E-state index contributed by atoms with van der Waals surface area (Å²) >= 11 is 1.01. The zero-order valence-electron chi connectivity index (χ0n) is 13.8. The Morgan fingerprint density at radius 2 is 2.08 bits per heavy atom.